The van der Waals surface area contributed by atoms with Crippen molar-refractivity contribution in [3.05, 3.63) is 64.7 Å². The van der Waals surface area contributed by atoms with Gasteiger partial charge in [0.1, 0.15) is 42.4 Å². The molecule has 0 amide bonds. The maximum Gasteiger partial charge on any atom is 0.124 e. The van der Waals surface area contributed by atoms with Crippen LogP contribution in [-0.4, -0.2) is 70.8 Å². The van der Waals surface area contributed by atoms with E-state index in [-0.39, 0.29) is 6.10 Å². The summed E-state index contributed by atoms with van der Waals surface area (Å²) in [5, 5.41) is 40.4. The normalized spacial score (nSPS) is 32.1. The molecule has 6 atom stereocenters. The minimum absolute atomic E-state index is 0.118. The molecule has 2 heterocycles. The summed E-state index contributed by atoms with van der Waals surface area (Å²) in [6.45, 7) is 0.949. The molecule has 1 saturated carbocycles. The van der Waals surface area contributed by atoms with E-state index in [0.717, 1.165) is 41.9 Å². The average Bonchev–Trinajstić information content (AvgIpc) is 3.55. The molecule has 2 saturated heterocycles. The molecule has 5 rings (SSSR count). The van der Waals surface area contributed by atoms with Crippen molar-refractivity contribution in [2.75, 3.05) is 19.8 Å². The van der Waals surface area contributed by atoms with Gasteiger partial charge in [-0.15, -0.1) is 0 Å². The molecule has 7 nitrogen and oxygen atoms in total. The Morgan fingerprint density at radius 1 is 0.909 bits per heavy atom. The summed E-state index contributed by atoms with van der Waals surface area (Å²) >= 11 is 0. The van der Waals surface area contributed by atoms with Gasteiger partial charge in [0.15, 0.2) is 0 Å². The van der Waals surface area contributed by atoms with Gasteiger partial charge in [0.2, 0.25) is 0 Å². The molecule has 1 aliphatic carbocycles. The van der Waals surface area contributed by atoms with Gasteiger partial charge in [-0.3, -0.25) is 0 Å². The van der Waals surface area contributed by atoms with Crippen molar-refractivity contribution in [1.82, 2.24) is 0 Å². The quantitative estimate of drug-likeness (QED) is 0.503. The van der Waals surface area contributed by atoms with E-state index in [1.807, 2.05) is 24.3 Å². The van der Waals surface area contributed by atoms with Gasteiger partial charge in [0.05, 0.1) is 19.8 Å². The number of hydrogen-bond donors (Lipinski definition) is 4. The Morgan fingerprint density at radius 3 is 2.36 bits per heavy atom. The predicted octanol–water partition coefficient (Wildman–Crippen LogP) is 1.84. The maximum absolute atomic E-state index is 10.6. The molecule has 7 heteroatoms. The highest BCUT2D eigenvalue weighted by atomic mass is 16.5. The van der Waals surface area contributed by atoms with Crippen LogP contribution in [0.15, 0.2) is 42.5 Å². The first-order valence-corrected chi connectivity index (χ1v) is 11.8. The lowest BCUT2D eigenvalue weighted by molar-refractivity contribution is -0.231. The minimum Gasteiger partial charge on any atom is -0.488 e. The lowest BCUT2D eigenvalue weighted by atomic mass is 9.88. The summed E-state index contributed by atoms with van der Waals surface area (Å²) < 4.78 is 17.1. The van der Waals surface area contributed by atoms with Gasteiger partial charge in [-0.25, -0.2) is 0 Å². The van der Waals surface area contributed by atoms with Crippen LogP contribution in [0.3, 0.4) is 0 Å². The highest BCUT2D eigenvalue weighted by molar-refractivity contribution is 5.42. The number of aliphatic hydroxyl groups excluding tert-OH is 4. The van der Waals surface area contributed by atoms with Gasteiger partial charge < -0.3 is 34.6 Å². The zero-order valence-electron chi connectivity index (χ0n) is 18.5. The second kappa shape index (κ2) is 9.70. The van der Waals surface area contributed by atoms with Gasteiger partial charge in [-0.05, 0) is 59.6 Å². The van der Waals surface area contributed by atoms with Gasteiger partial charge in [-0.2, -0.15) is 0 Å². The summed E-state index contributed by atoms with van der Waals surface area (Å²) in [5.41, 5.74) is 4.34. The fourth-order valence-corrected chi connectivity index (χ4v) is 4.83. The van der Waals surface area contributed by atoms with Crippen LogP contribution >= 0.6 is 0 Å². The number of hydrogen-bond acceptors (Lipinski definition) is 7. The smallest absolute Gasteiger partial charge is 0.124 e. The third kappa shape index (κ3) is 4.94. The van der Waals surface area contributed by atoms with E-state index in [9.17, 15) is 20.4 Å². The van der Waals surface area contributed by atoms with Crippen LogP contribution in [0.25, 0.3) is 0 Å². The molecule has 0 radical (unpaired) electrons. The van der Waals surface area contributed by atoms with Crippen LogP contribution < -0.4 is 4.74 Å². The molecule has 2 aromatic carbocycles. The van der Waals surface area contributed by atoms with E-state index in [4.69, 9.17) is 14.2 Å². The standard InChI is InChI=1S/C26H32O7/c27-13-22-23(28)24(29)25(30)26(33-22)17-5-8-21(16-3-4-16)18(12-17)11-15-1-6-19(7-2-15)32-20-9-10-31-14-20/h1-2,5-8,12,16,20,22-30H,3-4,9-11,13-14H2/t20-,22+,23+,24?,25+,26-/m0/s1. The van der Waals surface area contributed by atoms with E-state index in [0.29, 0.717) is 12.5 Å². The summed E-state index contributed by atoms with van der Waals surface area (Å²) in [5.74, 6) is 1.39. The van der Waals surface area contributed by atoms with Crippen molar-refractivity contribution in [3.8, 4) is 5.75 Å². The Hall–Kier alpha value is -2.00. The highest BCUT2D eigenvalue weighted by Crippen LogP contribution is 2.43. The maximum atomic E-state index is 10.6. The Kier molecular flexibility index (Phi) is 6.69. The molecule has 3 fully saturated rings. The molecular formula is C26H32O7. The minimum atomic E-state index is -1.38. The number of aliphatic hydroxyl groups is 4. The molecule has 3 aliphatic rings. The molecule has 2 aromatic rings. The van der Waals surface area contributed by atoms with Crippen molar-refractivity contribution in [2.45, 2.75) is 68.2 Å². The van der Waals surface area contributed by atoms with Gasteiger partial charge in [0, 0.05) is 6.42 Å². The van der Waals surface area contributed by atoms with Crippen LogP contribution in [0.5, 0.6) is 5.75 Å². The largest absolute Gasteiger partial charge is 0.488 e. The SMILES string of the molecule is OC[C@H]1O[C@@H](c2ccc(C3CC3)c(Cc3ccc(O[C@H]4CCOC4)cc3)c2)[C@H](O)C(O)[C@@H]1O. The van der Waals surface area contributed by atoms with Crippen LogP contribution in [0.2, 0.25) is 0 Å². The molecule has 0 bridgehead atoms. The Bertz CT molecular complexity index is 934. The van der Waals surface area contributed by atoms with Crippen molar-refractivity contribution >= 4 is 0 Å². The lowest BCUT2D eigenvalue weighted by Gasteiger charge is -2.40. The van der Waals surface area contributed by atoms with Crippen molar-refractivity contribution in [2.24, 2.45) is 0 Å². The van der Waals surface area contributed by atoms with Crippen molar-refractivity contribution < 1.29 is 34.6 Å². The fourth-order valence-electron chi connectivity index (χ4n) is 4.83. The van der Waals surface area contributed by atoms with Gasteiger partial charge in [0.25, 0.3) is 0 Å². The monoisotopic (exact) mass is 456 g/mol. The van der Waals surface area contributed by atoms with E-state index in [1.54, 1.807) is 0 Å². The molecular weight excluding hydrogens is 424 g/mol. The molecule has 0 spiro atoms. The van der Waals surface area contributed by atoms with Crippen molar-refractivity contribution in [3.63, 3.8) is 0 Å². The molecule has 33 heavy (non-hydrogen) atoms. The summed E-state index contributed by atoms with van der Waals surface area (Å²) in [6, 6.07) is 14.2. The fraction of sp³-hybridized carbons (Fsp3) is 0.538. The summed E-state index contributed by atoms with van der Waals surface area (Å²) in [7, 11) is 0. The predicted molar refractivity (Wildman–Crippen MR) is 120 cm³/mol. The number of benzene rings is 2. The molecule has 178 valence electrons. The lowest BCUT2D eigenvalue weighted by Crippen LogP contribution is -2.55. The van der Waals surface area contributed by atoms with Crippen LogP contribution in [0.1, 0.15) is 53.5 Å². The Morgan fingerprint density at radius 2 is 1.70 bits per heavy atom. The van der Waals surface area contributed by atoms with E-state index >= 15 is 0 Å². The summed E-state index contributed by atoms with van der Waals surface area (Å²) in [4.78, 5) is 0. The molecule has 2 aliphatic heterocycles. The first kappa shape index (κ1) is 22.8. The molecule has 1 unspecified atom stereocenters. The third-order valence-electron chi connectivity index (χ3n) is 6.91. The van der Waals surface area contributed by atoms with Crippen LogP contribution in [-0.2, 0) is 15.9 Å². The zero-order chi connectivity index (χ0) is 22.9. The topological polar surface area (TPSA) is 109 Å². The zero-order valence-corrected chi connectivity index (χ0v) is 18.5. The second-order valence-corrected chi connectivity index (χ2v) is 9.41. The van der Waals surface area contributed by atoms with E-state index in [1.165, 1.54) is 18.4 Å². The van der Waals surface area contributed by atoms with Gasteiger partial charge in [-0.1, -0.05) is 30.3 Å². The number of ether oxygens (including phenoxy) is 3. The molecule has 4 N–H and O–H groups in total. The highest BCUT2D eigenvalue weighted by Gasteiger charge is 2.44. The number of rotatable bonds is 7. The first-order valence-electron chi connectivity index (χ1n) is 11.8. The Balaban J connectivity index is 1.36. The summed E-state index contributed by atoms with van der Waals surface area (Å²) in [6.07, 6.45) is -1.67. The Labute approximate surface area is 193 Å². The third-order valence-corrected chi connectivity index (χ3v) is 6.91. The second-order valence-electron chi connectivity index (χ2n) is 9.41. The average molecular weight is 457 g/mol. The van der Waals surface area contributed by atoms with E-state index in [2.05, 4.69) is 18.2 Å². The van der Waals surface area contributed by atoms with Crippen LogP contribution in [0, 0.1) is 0 Å². The molecule has 0 aromatic heterocycles. The first-order chi connectivity index (χ1) is 16.0. The van der Waals surface area contributed by atoms with Gasteiger partial charge >= 0.3 is 0 Å². The van der Waals surface area contributed by atoms with Crippen LogP contribution in [0.4, 0.5) is 0 Å². The van der Waals surface area contributed by atoms with Crippen molar-refractivity contribution in [1.29, 1.82) is 0 Å². The van der Waals surface area contributed by atoms with E-state index < -0.39 is 37.1 Å².